The molecule has 0 aromatic heterocycles. The fourth-order valence-electron chi connectivity index (χ4n) is 1.93. The van der Waals surface area contributed by atoms with Crippen molar-refractivity contribution in [3.05, 3.63) is 42.0 Å². The van der Waals surface area contributed by atoms with Gasteiger partial charge in [0.25, 0.3) is 0 Å². The van der Waals surface area contributed by atoms with Crippen molar-refractivity contribution in [3.63, 3.8) is 0 Å². The fourth-order valence-corrected chi connectivity index (χ4v) is 1.93. The molecule has 0 saturated carbocycles. The number of ether oxygens (including phenoxy) is 1. The maximum absolute atomic E-state index is 10.9. The number of benzene rings is 2. The number of aliphatic hydroxyl groups excluding tert-OH is 3. The van der Waals surface area contributed by atoms with E-state index in [1.54, 1.807) is 14.0 Å². The van der Waals surface area contributed by atoms with Gasteiger partial charge in [-0.15, -0.1) is 0 Å². The van der Waals surface area contributed by atoms with E-state index in [1.165, 1.54) is 0 Å². The molecule has 0 spiro atoms. The summed E-state index contributed by atoms with van der Waals surface area (Å²) in [6.07, 6.45) is 0. The number of fused-ring (bicyclic) bond motifs is 1. The number of aliphatic carboxylic acids is 1. The Bertz CT molecular complexity index is 697. The van der Waals surface area contributed by atoms with Crippen LogP contribution >= 0.6 is 0 Å². The first kappa shape index (κ1) is 24.8. The molecule has 0 aliphatic heterocycles. The minimum Gasteiger partial charge on any atom is -0.497 e. The van der Waals surface area contributed by atoms with Crippen LogP contribution in [-0.2, 0) is 4.79 Å². The van der Waals surface area contributed by atoms with Crippen LogP contribution in [0.25, 0.3) is 10.8 Å². The van der Waals surface area contributed by atoms with Gasteiger partial charge in [0, 0.05) is 29.6 Å². The molecule has 2 aromatic carbocycles. The maximum atomic E-state index is 10.9. The van der Waals surface area contributed by atoms with E-state index in [0.717, 1.165) is 22.1 Å². The maximum Gasteiger partial charge on any atom is 0.310 e. The zero-order valence-corrected chi connectivity index (χ0v) is 17.3. The first-order valence-corrected chi connectivity index (χ1v) is 7.72. The SMILES string of the molecule is COc1ccc2cc([C@H](C)C(=O)O)ccc2c1.NC(CO)(CO)CO.[Na]. The molecule has 0 aliphatic rings. The van der Waals surface area contributed by atoms with E-state index in [0.29, 0.717) is 0 Å². The predicted octanol–water partition coefficient (Wildman–Crippen LogP) is 0.317. The van der Waals surface area contributed by atoms with E-state index in [-0.39, 0.29) is 29.6 Å². The van der Waals surface area contributed by atoms with Gasteiger partial charge in [0.2, 0.25) is 0 Å². The molecule has 1 atom stereocenters. The van der Waals surface area contributed by atoms with Crippen LogP contribution < -0.4 is 10.5 Å². The minimum atomic E-state index is -1.21. The molecule has 7 nitrogen and oxygen atoms in total. The van der Waals surface area contributed by atoms with Crippen LogP contribution in [0.4, 0.5) is 0 Å². The second kappa shape index (κ2) is 11.5. The molecule has 6 N–H and O–H groups in total. The molecule has 139 valence electrons. The summed E-state index contributed by atoms with van der Waals surface area (Å²) in [6.45, 7) is 0.479. The molecule has 0 aliphatic carbocycles. The summed E-state index contributed by atoms with van der Waals surface area (Å²) in [5, 5.41) is 36.1. The third-order valence-electron chi connectivity index (χ3n) is 3.89. The molecule has 0 unspecified atom stereocenters. The summed E-state index contributed by atoms with van der Waals surface area (Å²) in [6, 6.07) is 11.4. The zero-order chi connectivity index (χ0) is 19.0. The largest absolute Gasteiger partial charge is 0.497 e. The van der Waals surface area contributed by atoms with Crippen molar-refractivity contribution in [1.82, 2.24) is 0 Å². The Labute approximate surface area is 174 Å². The Balaban J connectivity index is 0.000000597. The van der Waals surface area contributed by atoms with Crippen molar-refractivity contribution >= 4 is 46.3 Å². The zero-order valence-electron chi connectivity index (χ0n) is 15.3. The number of rotatable bonds is 6. The van der Waals surface area contributed by atoms with Gasteiger partial charge in [-0.05, 0) is 35.4 Å². The molecule has 0 fully saturated rings. The normalized spacial score (nSPS) is 11.8. The number of aliphatic hydroxyl groups is 3. The number of hydrogen-bond donors (Lipinski definition) is 5. The number of carboxylic acid groups (broad SMARTS) is 1. The van der Waals surface area contributed by atoms with Crippen molar-refractivity contribution in [2.24, 2.45) is 5.73 Å². The Morgan fingerprint density at radius 2 is 1.58 bits per heavy atom. The summed E-state index contributed by atoms with van der Waals surface area (Å²) in [5.74, 6) is -0.490. The Morgan fingerprint density at radius 3 is 2.00 bits per heavy atom. The molecule has 0 bridgehead atoms. The molecule has 0 saturated heterocycles. The van der Waals surface area contributed by atoms with Crippen LogP contribution in [0.2, 0.25) is 0 Å². The summed E-state index contributed by atoms with van der Waals surface area (Å²) >= 11 is 0. The van der Waals surface area contributed by atoms with Crippen molar-refractivity contribution < 1.29 is 30.0 Å². The average molecular weight is 374 g/mol. The van der Waals surface area contributed by atoms with Gasteiger partial charge in [-0.2, -0.15) is 0 Å². The third-order valence-corrected chi connectivity index (χ3v) is 3.89. The molecule has 8 heteroatoms. The number of carbonyl (C=O) groups is 1. The molecule has 2 rings (SSSR count). The molecular weight excluding hydrogens is 349 g/mol. The summed E-state index contributed by atoms with van der Waals surface area (Å²) in [5.41, 5.74) is 4.75. The molecule has 0 heterocycles. The van der Waals surface area contributed by atoms with Crippen LogP contribution in [0.15, 0.2) is 36.4 Å². The van der Waals surface area contributed by atoms with Gasteiger partial charge in [-0.3, -0.25) is 4.79 Å². The van der Waals surface area contributed by atoms with E-state index in [4.69, 9.17) is 30.9 Å². The quantitative estimate of drug-likeness (QED) is 0.460. The Kier molecular flexibility index (Phi) is 11.0. The van der Waals surface area contributed by atoms with Gasteiger partial charge in [-0.25, -0.2) is 0 Å². The van der Waals surface area contributed by atoms with Crippen LogP contribution in [-0.4, -0.2) is 88.4 Å². The fraction of sp³-hybridized carbons (Fsp3) is 0.389. The smallest absolute Gasteiger partial charge is 0.310 e. The topological polar surface area (TPSA) is 133 Å². The number of nitrogens with two attached hydrogens (primary N) is 1. The van der Waals surface area contributed by atoms with E-state index in [9.17, 15) is 4.79 Å². The third kappa shape index (κ3) is 6.85. The van der Waals surface area contributed by atoms with Crippen molar-refractivity contribution in [2.45, 2.75) is 18.4 Å². The van der Waals surface area contributed by atoms with Crippen molar-refractivity contribution in [1.29, 1.82) is 0 Å². The predicted molar refractivity (Wildman–Crippen MR) is 100 cm³/mol. The second-order valence-electron chi connectivity index (χ2n) is 5.87. The standard InChI is InChI=1S/C14H14O3.C4H11NO3.Na/c1-9(14(15)16)10-3-4-12-8-13(17-2)6-5-11(12)7-10;5-4(1-6,2-7)3-8;/h3-9H,1-2H3,(H,15,16);6-8H,1-3,5H2;/t9-;;/m0../s1. The van der Waals surface area contributed by atoms with Crippen LogP contribution in [0.3, 0.4) is 0 Å². The van der Waals surface area contributed by atoms with E-state index >= 15 is 0 Å². The monoisotopic (exact) mass is 374 g/mol. The van der Waals surface area contributed by atoms with Crippen LogP contribution in [0.1, 0.15) is 18.4 Å². The van der Waals surface area contributed by atoms with Gasteiger partial charge in [0.05, 0.1) is 38.4 Å². The average Bonchev–Trinajstić information content (AvgIpc) is 2.66. The van der Waals surface area contributed by atoms with Gasteiger partial charge in [-0.1, -0.05) is 24.3 Å². The first-order valence-electron chi connectivity index (χ1n) is 7.72. The summed E-state index contributed by atoms with van der Waals surface area (Å²) in [4.78, 5) is 10.9. The molecule has 1 radical (unpaired) electrons. The Hall–Kier alpha value is -1.19. The van der Waals surface area contributed by atoms with Crippen LogP contribution in [0, 0.1) is 0 Å². The molecule has 0 amide bonds. The van der Waals surface area contributed by atoms with E-state index in [1.807, 2.05) is 36.4 Å². The second-order valence-corrected chi connectivity index (χ2v) is 5.87. The van der Waals surface area contributed by atoms with Crippen molar-refractivity contribution in [2.75, 3.05) is 26.9 Å². The molecule has 2 aromatic rings. The molecular formula is C18H25NNaO6. The van der Waals surface area contributed by atoms with E-state index in [2.05, 4.69) is 0 Å². The van der Waals surface area contributed by atoms with E-state index < -0.39 is 37.2 Å². The minimum absolute atomic E-state index is 0. The van der Waals surface area contributed by atoms with Gasteiger partial charge in [0.15, 0.2) is 0 Å². The Morgan fingerprint density at radius 1 is 1.08 bits per heavy atom. The van der Waals surface area contributed by atoms with Crippen LogP contribution in [0.5, 0.6) is 5.75 Å². The molecule has 26 heavy (non-hydrogen) atoms. The van der Waals surface area contributed by atoms with Gasteiger partial charge < -0.3 is 30.9 Å². The summed E-state index contributed by atoms with van der Waals surface area (Å²) < 4.78 is 5.14. The first-order chi connectivity index (χ1) is 11.8. The number of hydrogen-bond acceptors (Lipinski definition) is 6. The van der Waals surface area contributed by atoms with Gasteiger partial charge in [0.1, 0.15) is 5.75 Å². The number of carboxylic acids is 1. The van der Waals surface area contributed by atoms with Gasteiger partial charge >= 0.3 is 5.97 Å². The summed E-state index contributed by atoms with van der Waals surface area (Å²) in [7, 11) is 1.63. The van der Waals surface area contributed by atoms with Crippen molar-refractivity contribution in [3.8, 4) is 5.75 Å². The number of methoxy groups -OCH3 is 1.